The summed E-state index contributed by atoms with van der Waals surface area (Å²) in [4.78, 5) is 27.6. The van der Waals surface area contributed by atoms with Crippen molar-refractivity contribution in [2.75, 3.05) is 0 Å². The maximum absolute atomic E-state index is 14.0. The molecule has 4 nitrogen and oxygen atoms in total. The Kier molecular flexibility index (Phi) is 5.21. The molecule has 0 saturated heterocycles. The molecule has 5 atom stereocenters. The van der Waals surface area contributed by atoms with Crippen LogP contribution in [0.4, 0.5) is 0 Å². The van der Waals surface area contributed by atoms with Crippen LogP contribution in [0.15, 0.2) is 73.9 Å². The smallest absolute Gasteiger partial charge is 0.173 e. The summed E-state index contributed by atoms with van der Waals surface area (Å²) in [6.45, 7) is 12.1. The molecule has 2 aromatic carbocycles. The lowest BCUT2D eigenvalue weighted by Crippen LogP contribution is -2.74. The van der Waals surface area contributed by atoms with Crippen LogP contribution < -0.4 is 0 Å². The van der Waals surface area contributed by atoms with Gasteiger partial charge < -0.3 is 9.84 Å². The Hall–Kier alpha value is -2.98. The molecule has 1 N–H and O–H groups in total. The SMILES string of the molecule is C=CC[C@@]12CCC(C)(C)[C@@](CC=C)(C3OC(c4cccc5ccccc45)=CC(=O)C3C1=O)C2O. The standard InChI is InChI=1S/C30H32O4/c1-5-14-29-17-16-28(3,4)30(15-6-2,27(29)33)26-24(25(29)32)22(31)18-23(34-26)21-13-9-11-19-10-7-8-12-20(19)21/h5-13,18,24,26-27,33H,1-2,14-17H2,3-4H3/t24?,26?,27?,29-,30+/m1/s1. The summed E-state index contributed by atoms with van der Waals surface area (Å²) in [5.74, 6) is -0.931. The van der Waals surface area contributed by atoms with Crippen LogP contribution in [0.3, 0.4) is 0 Å². The Morgan fingerprint density at radius 1 is 1.03 bits per heavy atom. The van der Waals surface area contributed by atoms with Gasteiger partial charge in [0.05, 0.1) is 11.5 Å². The molecule has 4 heteroatoms. The number of Topliss-reactive ketones (excluding diaryl/α,β-unsaturated/α-hetero) is 1. The van der Waals surface area contributed by atoms with Gasteiger partial charge in [0.2, 0.25) is 0 Å². The van der Waals surface area contributed by atoms with Gasteiger partial charge in [-0.05, 0) is 41.9 Å². The van der Waals surface area contributed by atoms with Crippen molar-refractivity contribution in [1.82, 2.24) is 0 Å². The zero-order valence-corrected chi connectivity index (χ0v) is 19.9. The van der Waals surface area contributed by atoms with Crippen molar-refractivity contribution < 1.29 is 19.4 Å². The van der Waals surface area contributed by atoms with Gasteiger partial charge in [-0.25, -0.2) is 0 Å². The fourth-order valence-corrected chi connectivity index (χ4v) is 7.05. The molecular formula is C30H32O4. The van der Waals surface area contributed by atoms with E-state index in [0.29, 0.717) is 25.0 Å². The van der Waals surface area contributed by atoms with Crippen LogP contribution in [-0.4, -0.2) is 28.9 Å². The van der Waals surface area contributed by atoms with Crippen LogP contribution in [0, 0.1) is 22.2 Å². The fourth-order valence-electron chi connectivity index (χ4n) is 7.05. The molecule has 2 saturated carbocycles. The van der Waals surface area contributed by atoms with Gasteiger partial charge in [-0.15, -0.1) is 13.2 Å². The number of rotatable bonds is 5. The molecular weight excluding hydrogens is 424 g/mol. The van der Waals surface area contributed by atoms with E-state index in [2.05, 4.69) is 27.0 Å². The van der Waals surface area contributed by atoms with E-state index < -0.39 is 29.0 Å². The summed E-state index contributed by atoms with van der Waals surface area (Å²) >= 11 is 0. The average molecular weight is 457 g/mol. The van der Waals surface area contributed by atoms with Crippen molar-refractivity contribution in [3.8, 4) is 0 Å². The number of hydrogen-bond acceptors (Lipinski definition) is 4. The maximum Gasteiger partial charge on any atom is 0.173 e. The zero-order valence-electron chi connectivity index (χ0n) is 19.9. The van der Waals surface area contributed by atoms with Crippen molar-refractivity contribution in [3.63, 3.8) is 0 Å². The monoisotopic (exact) mass is 456 g/mol. The first-order valence-corrected chi connectivity index (χ1v) is 12.1. The van der Waals surface area contributed by atoms with Crippen molar-refractivity contribution in [2.45, 2.75) is 51.7 Å². The number of fused-ring (bicyclic) bond motifs is 5. The minimum atomic E-state index is -1.02. The number of hydrogen-bond donors (Lipinski definition) is 1. The summed E-state index contributed by atoms with van der Waals surface area (Å²) in [7, 11) is 0. The Balaban J connectivity index is 1.73. The minimum absolute atomic E-state index is 0.210. The quantitative estimate of drug-likeness (QED) is 0.466. The van der Waals surface area contributed by atoms with Crippen molar-refractivity contribution in [2.24, 2.45) is 22.2 Å². The van der Waals surface area contributed by atoms with Crippen LogP contribution >= 0.6 is 0 Å². The van der Waals surface area contributed by atoms with Crippen LogP contribution in [0.5, 0.6) is 0 Å². The van der Waals surface area contributed by atoms with E-state index in [1.54, 1.807) is 12.2 Å². The fraction of sp³-hybridized carbons (Fsp3) is 0.400. The minimum Gasteiger partial charge on any atom is -0.488 e. The zero-order chi connectivity index (χ0) is 24.3. The predicted molar refractivity (Wildman–Crippen MR) is 134 cm³/mol. The molecule has 5 rings (SSSR count). The van der Waals surface area contributed by atoms with Gasteiger partial charge in [0.1, 0.15) is 17.8 Å². The molecule has 0 spiro atoms. The lowest BCUT2D eigenvalue weighted by Gasteiger charge is -2.66. The van der Waals surface area contributed by atoms with E-state index in [1.165, 1.54) is 6.08 Å². The molecule has 2 aliphatic carbocycles. The molecule has 2 fully saturated rings. The van der Waals surface area contributed by atoms with Gasteiger partial charge >= 0.3 is 0 Å². The summed E-state index contributed by atoms with van der Waals surface area (Å²) in [5, 5.41) is 14.0. The van der Waals surface area contributed by atoms with E-state index in [4.69, 9.17) is 4.74 Å². The molecule has 1 heterocycles. The highest BCUT2D eigenvalue weighted by Crippen LogP contribution is 2.67. The Bertz CT molecular complexity index is 1230. The second kappa shape index (κ2) is 7.78. The van der Waals surface area contributed by atoms with Gasteiger partial charge in [0.25, 0.3) is 0 Å². The van der Waals surface area contributed by atoms with Gasteiger partial charge in [-0.3, -0.25) is 9.59 Å². The number of carbonyl (C=O) groups is 2. The van der Waals surface area contributed by atoms with E-state index >= 15 is 0 Å². The summed E-state index contributed by atoms with van der Waals surface area (Å²) in [5.41, 5.74) is -1.42. The van der Waals surface area contributed by atoms with E-state index in [9.17, 15) is 14.7 Å². The van der Waals surface area contributed by atoms with Crippen molar-refractivity contribution in [3.05, 3.63) is 79.4 Å². The summed E-state index contributed by atoms with van der Waals surface area (Å²) < 4.78 is 6.68. The number of ether oxygens (including phenoxy) is 1. The number of aliphatic hydroxyl groups excluding tert-OH is 1. The lowest BCUT2D eigenvalue weighted by atomic mass is 9.39. The Morgan fingerprint density at radius 3 is 2.47 bits per heavy atom. The number of aliphatic hydroxyl groups is 1. The Labute approximate surface area is 201 Å². The summed E-state index contributed by atoms with van der Waals surface area (Å²) in [6.07, 6.45) is 5.32. The number of carbonyl (C=O) groups excluding carboxylic acids is 2. The third kappa shape index (κ3) is 2.81. The topological polar surface area (TPSA) is 63.6 Å². The number of allylic oxidation sites excluding steroid dienone is 3. The van der Waals surface area contributed by atoms with Crippen LogP contribution in [0.1, 0.15) is 45.1 Å². The van der Waals surface area contributed by atoms with E-state index in [1.807, 2.05) is 42.5 Å². The second-order valence-electron chi connectivity index (χ2n) is 10.8. The molecule has 34 heavy (non-hydrogen) atoms. The third-order valence-corrected chi connectivity index (χ3v) is 8.93. The molecule has 0 radical (unpaired) electrons. The van der Waals surface area contributed by atoms with Gasteiger partial charge in [-0.2, -0.15) is 0 Å². The average Bonchev–Trinajstić information content (AvgIpc) is 2.82. The highest BCUT2D eigenvalue weighted by molar-refractivity contribution is 6.14. The maximum atomic E-state index is 14.0. The molecule has 2 bridgehead atoms. The summed E-state index contributed by atoms with van der Waals surface area (Å²) in [6, 6.07) is 13.9. The largest absolute Gasteiger partial charge is 0.488 e. The molecule has 3 aliphatic rings. The highest BCUT2D eigenvalue weighted by atomic mass is 16.5. The molecule has 0 amide bonds. The Morgan fingerprint density at radius 2 is 1.74 bits per heavy atom. The molecule has 2 aromatic rings. The molecule has 0 aromatic heterocycles. The first-order chi connectivity index (χ1) is 16.2. The van der Waals surface area contributed by atoms with Gasteiger partial charge in [0, 0.05) is 17.1 Å². The van der Waals surface area contributed by atoms with Crippen molar-refractivity contribution >= 4 is 28.1 Å². The highest BCUT2D eigenvalue weighted by Gasteiger charge is 2.73. The lowest BCUT2D eigenvalue weighted by molar-refractivity contribution is -0.244. The van der Waals surface area contributed by atoms with E-state index in [0.717, 1.165) is 22.8 Å². The third-order valence-electron chi connectivity index (χ3n) is 8.93. The van der Waals surface area contributed by atoms with Crippen LogP contribution in [-0.2, 0) is 14.3 Å². The second-order valence-corrected chi connectivity index (χ2v) is 10.8. The normalized spacial score (nSPS) is 34.1. The first-order valence-electron chi connectivity index (χ1n) is 12.1. The number of ketones is 2. The molecule has 1 aliphatic heterocycles. The predicted octanol–water partition coefficient (Wildman–Crippen LogP) is 5.65. The molecule has 3 unspecified atom stereocenters. The van der Waals surface area contributed by atoms with E-state index in [-0.39, 0.29) is 17.0 Å². The first kappa shape index (κ1) is 22.8. The van der Waals surface area contributed by atoms with Gasteiger partial charge in [0.15, 0.2) is 11.6 Å². The van der Waals surface area contributed by atoms with Gasteiger partial charge in [-0.1, -0.05) is 68.5 Å². The van der Waals surface area contributed by atoms with Crippen molar-refractivity contribution in [1.29, 1.82) is 0 Å². The van der Waals surface area contributed by atoms with Crippen LogP contribution in [0.25, 0.3) is 16.5 Å². The molecule has 176 valence electrons. The van der Waals surface area contributed by atoms with Crippen LogP contribution in [0.2, 0.25) is 0 Å². The number of benzene rings is 2.